The van der Waals surface area contributed by atoms with Crippen LogP contribution < -0.4 is 14.8 Å². The summed E-state index contributed by atoms with van der Waals surface area (Å²) in [6.45, 7) is 5.08. The van der Waals surface area contributed by atoms with Gasteiger partial charge in [-0.05, 0) is 68.7 Å². The van der Waals surface area contributed by atoms with E-state index in [1.807, 2.05) is 13.8 Å². The monoisotopic (exact) mass is 464 g/mol. The maximum Gasteiger partial charge on any atom is 0.241 e. The molecule has 7 nitrogen and oxygen atoms in total. The van der Waals surface area contributed by atoms with E-state index < -0.39 is 27.1 Å². The SMILES string of the molecule is CC(C)Oc1ccc(NS(=O)(=O)CC(=O)NCC2(c3ccc(F)cc3)CCOCC2)cc1. The van der Waals surface area contributed by atoms with Crippen molar-refractivity contribution in [3.63, 3.8) is 0 Å². The molecule has 1 saturated heterocycles. The lowest BCUT2D eigenvalue weighted by atomic mass is 9.74. The Morgan fingerprint density at radius 1 is 1.09 bits per heavy atom. The number of ether oxygens (including phenoxy) is 2. The Morgan fingerprint density at radius 2 is 1.72 bits per heavy atom. The molecule has 9 heteroatoms. The summed E-state index contributed by atoms with van der Waals surface area (Å²) < 4.78 is 51.6. The Labute approximate surface area is 188 Å². The van der Waals surface area contributed by atoms with E-state index in [1.54, 1.807) is 36.4 Å². The zero-order chi connectivity index (χ0) is 23.2. The molecule has 0 spiro atoms. The Hall–Kier alpha value is -2.65. The standard InChI is InChI=1S/C23H29FN2O5S/c1-17(2)31-21-9-7-20(8-10-21)26-32(28,29)15-22(27)25-16-23(11-13-30-14-12-23)18-3-5-19(24)6-4-18/h3-10,17,26H,11-16H2,1-2H3,(H,25,27). The van der Waals surface area contributed by atoms with Gasteiger partial charge in [0.1, 0.15) is 17.3 Å². The van der Waals surface area contributed by atoms with E-state index in [0.29, 0.717) is 37.5 Å². The molecule has 32 heavy (non-hydrogen) atoms. The summed E-state index contributed by atoms with van der Waals surface area (Å²) in [6.07, 6.45) is 1.30. The summed E-state index contributed by atoms with van der Waals surface area (Å²) in [5, 5.41) is 2.75. The number of hydrogen-bond donors (Lipinski definition) is 2. The Balaban J connectivity index is 1.60. The molecular weight excluding hydrogens is 435 g/mol. The normalized spacial score (nSPS) is 15.9. The average molecular weight is 465 g/mol. The van der Waals surface area contributed by atoms with Gasteiger partial charge in [0.15, 0.2) is 0 Å². The molecule has 1 aliphatic heterocycles. The van der Waals surface area contributed by atoms with Crippen molar-refractivity contribution in [2.75, 3.05) is 30.2 Å². The maximum absolute atomic E-state index is 13.4. The van der Waals surface area contributed by atoms with Crippen LogP contribution in [0.1, 0.15) is 32.3 Å². The van der Waals surface area contributed by atoms with Gasteiger partial charge in [-0.3, -0.25) is 9.52 Å². The lowest BCUT2D eigenvalue weighted by Crippen LogP contribution is -2.46. The number of amides is 1. The quantitative estimate of drug-likeness (QED) is 0.594. The van der Waals surface area contributed by atoms with Crippen LogP contribution in [0, 0.1) is 5.82 Å². The third kappa shape index (κ3) is 6.67. The summed E-state index contributed by atoms with van der Waals surface area (Å²) in [5.74, 6) is -1.01. The van der Waals surface area contributed by atoms with Gasteiger partial charge in [-0.25, -0.2) is 12.8 Å². The fourth-order valence-corrected chi connectivity index (χ4v) is 4.73. The van der Waals surface area contributed by atoms with Crippen LogP contribution in [0.4, 0.5) is 10.1 Å². The Morgan fingerprint density at radius 3 is 2.31 bits per heavy atom. The van der Waals surface area contributed by atoms with Crippen molar-refractivity contribution in [1.82, 2.24) is 5.32 Å². The average Bonchev–Trinajstić information content (AvgIpc) is 2.74. The molecule has 0 saturated carbocycles. The summed E-state index contributed by atoms with van der Waals surface area (Å²) in [5.41, 5.74) is 0.818. The number of carbonyl (C=O) groups is 1. The van der Waals surface area contributed by atoms with Gasteiger partial charge in [-0.1, -0.05) is 12.1 Å². The topological polar surface area (TPSA) is 93.7 Å². The first-order valence-electron chi connectivity index (χ1n) is 10.6. The zero-order valence-corrected chi connectivity index (χ0v) is 19.1. The summed E-state index contributed by atoms with van der Waals surface area (Å²) in [7, 11) is -3.89. The smallest absolute Gasteiger partial charge is 0.241 e. The van der Waals surface area contributed by atoms with E-state index in [9.17, 15) is 17.6 Å². The summed E-state index contributed by atoms with van der Waals surface area (Å²) >= 11 is 0. The van der Waals surface area contributed by atoms with Crippen LogP contribution in [0.25, 0.3) is 0 Å². The number of anilines is 1. The molecule has 0 unspecified atom stereocenters. The molecule has 0 aromatic heterocycles. The maximum atomic E-state index is 13.4. The lowest BCUT2D eigenvalue weighted by Gasteiger charge is -2.38. The first kappa shape index (κ1) is 24.0. The van der Waals surface area contributed by atoms with Gasteiger partial charge < -0.3 is 14.8 Å². The molecule has 1 heterocycles. The molecule has 0 aliphatic carbocycles. The lowest BCUT2D eigenvalue weighted by molar-refractivity contribution is -0.119. The van der Waals surface area contributed by atoms with Crippen molar-refractivity contribution in [3.05, 3.63) is 59.9 Å². The molecule has 1 fully saturated rings. The van der Waals surface area contributed by atoms with Gasteiger partial charge in [-0.2, -0.15) is 0 Å². The second kappa shape index (κ2) is 10.3. The van der Waals surface area contributed by atoms with Crippen molar-refractivity contribution in [1.29, 1.82) is 0 Å². The van der Waals surface area contributed by atoms with E-state index in [0.717, 1.165) is 5.56 Å². The zero-order valence-electron chi connectivity index (χ0n) is 18.3. The number of rotatable bonds is 9. The largest absolute Gasteiger partial charge is 0.491 e. The fourth-order valence-electron chi connectivity index (χ4n) is 3.71. The first-order valence-corrected chi connectivity index (χ1v) is 12.2. The second-order valence-corrected chi connectivity index (χ2v) is 9.95. The van der Waals surface area contributed by atoms with Crippen LogP contribution in [-0.4, -0.2) is 45.9 Å². The number of halogens is 1. The van der Waals surface area contributed by atoms with Crippen LogP contribution in [0.5, 0.6) is 5.75 Å². The fraction of sp³-hybridized carbons (Fsp3) is 0.435. The van der Waals surface area contributed by atoms with Crippen LogP contribution >= 0.6 is 0 Å². The summed E-state index contributed by atoms with van der Waals surface area (Å²) in [4.78, 5) is 12.5. The molecule has 1 aliphatic rings. The van der Waals surface area contributed by atoms with Gasteiger partial charge in [0.25, 0.3) is 0 Å². The predicted octanol–water partition coefficient (Wildman–Crippen LogP) is 3.22. The van der Waals surface area contributed by atoms with Crippen molar-refractivity contribution >= 4 is 21.6 Å². The molecule has 174 valence electrons. The minimum absolute atomic E-state index is 0.00941. The van der Waals surface area contributed by atoms with Gasteiger partial charge in [0, 0.05) is 30.9 Å². The van der Waals surface area contributed by atoms with E-state index in [4.69, 9.17) is 9.47 Å². The number of benzene rings is 2. The highest BCUT2D eigenvalue weighted by Gasteiger charge is 2.35. The summed E-state index contributed by atoms with van der Waals surface area (Å²) in [6, 6.07) is 12.7. The molecule has 0 atom stereocenters. The highest BCUT2D eigenvalue weighted by molar-refractivity contribution is 7.93. The van der Waals surface area contributed by atoms with Gasteiger partial charge >= 0.3 is 0 Å². The van der Waals surface area contributed by atoms with Crippen molar-refractivity contribution in [2.24, 2.45) is 0 Å². The highest BCUT2D eigenvalue weighted by Crippen LogP contribution is 2.34. The first-order chi connectivity index (χ1) is 15.2. The predicted molar refractivity (Wildman–Crippen MR) is 121 cm³/mol. The van der Waals surface area contributed by atoms with E-state index in [-0.39, 0.29) is 18.5 Å². The number of carbonyl (C=O) groups excluding carboxylic acids is 1. The van der Waals surface area contributed by atoms with E-state index in [2.05, 4.69) is 10.0 Å². The molecule has 1 amide bonds. The molecule has 2 N–H and O–H groups in total. The molecule has 2 aromatic rings. The highest BCUT2D eigenvalue weighted by atomic mass is 32.2. The van der Waals surface area contributed by atoms with Crippen molar-refractivity contribution < 1.29 is 27.1 Å². The molecular formula is C23H29FN2O5S. The van der Waals surface area contributed by atoms with Crippen LogP contribution in [-0.2, 0) is 25.0 Å². The van der Waals surface area contributed by atoms with Crippen LogP contribution in [0.2, 0.25) is 0 Å². The minimum atomic E-state index is -3.89. The molecule has 0 radical (unpaired) electrons. The molecule has 0 bridgehead atoms. The van der Waals surface area contributed by atoms with Crippen molar-refractivity contribution in [2.45, 2.75) is 38.2 Å². The van der Waals surface area contributed by atoms with E-state index in [1.165, 1.54) is 12.1 Å². The Bertz CT molecular complexity index is 1000. The number of nitrogens with one attached hydrogen (secondary N) is 2. The number of sulfonamides is 1. The van der Waals surface area contributed by atoms with Crippen LogP contribution in [0.3, 0.4) is 0 Å². The van der Waals surface area contributed by atoms with Crippen LogP contribution in [0.15, 0.2) is 48.5 Å². The minimum Gasteiger partial charge on any atom is -0.491 e. The van der Waals surface area contributed by atoms with Gasteiger partial charge in [0.05, 0.1) is 6.10 Å². The third-order valence-corrected chi connectivity index (χ3v) is 6.54. The number of hydrogen-bond acceptors (Lipinski definition) is 5. The molecule has 2 aromatic carbocycles. The second-order valence-electron chi connectivity index (χ2n) is 8.23. The van der Waals surface area contributed by atoms with Gasteiger partial charge in [-0.15, -0.1) is 0 Å². The van der Waals surface area contributed by atoms with Gasteiger partial charge in [0.2, 0.25) is 15.9 Å². The third-order valence-electron chi connectivity index (χ3n) is 5.35. The Kier molecular flexibility index (Phi) is 7.73. The molecule has 3 rings (SSSR count). The van der Waals surface area contributed by atoms with Crippen molar-refractivity contribution in [3.8, 4) is 5.75 Å². The van der Waals surface area contributed by atoms with E-state index >= 15 is 0 Å².